The summed E-state index contributed by atoms with van der Waals surface area (Å²) in [5.41, 5.74) is 1.08. The Balaban J connectivity index is 2.51. The SMILES string of the molecule is O=S(=O)(O)CCNC(CBr)c1ccccc1. The molecule has 90 valence electrons. The zero-order chi connectivity index (χ0) is 12.0. The van der Waals surface area contributed by atoms with Crippen molar-refractivity contribution in [2.24, 2.45) is 0 Å². The van der Waals surface area contributed by atoms with Gasteiger partial charge in [-0.2, -0.15) is 8.42 Å². The minimum atomic E-state index is -3.89. The molecule has 0 aliphatic rings. The minimum absolute atomic E-state index is 0.0444. The smallest absolute Gasteiger partial charge is 0.266 e. The highest BCUT2D eigenvalue weighted by Gasteiger charge is 2.10. The van der Waals surface area contributed by atoms with E-state index in [0.29, 0.717) is 5.33 Å². The predicted molar refractivity (Wildman–Crippen MR) is 67.4 cm³/mol. The number of rotatable bonds is 6. The molecule has 0 aliphatic carbocycles. The van der Waals surface area contributed by atoms with Crippen molar-refractivity contribution in [3.05, 3.63) is 35.9 Å². The molecule has 6 heteroatoms. The third-order valence-corrected chi connectivity index (χ3v) is 3.47. The van der Waals surface area contributed by atoms with Crippen molar-refractivity contribution in [3.63, 3.8) is 0 Å². The summed E-state index contributed by atoms with van der Waals surface area (Å²) in [7, 11) is -3.89. The van der Waals surface area contributed by atoms with Crippen molar-refractivity contribution in [1.82, 2.24) is 5.32 Å². The number of nitrogens with one attached hydrogen (secondary N) is 1. The molecule has 0 fully saturated rings. The molecule has 2 N–H and O–H groups in total. The summed E-state index contributed by atoms with van der Waals surface area (Å²) in [4.78, 5) is 0. The predicted octanol–water partition coefficient (Wildman–Crippen LogP) is 1.60. The second-order valence-electron chi connectivity index (χ2n) is 3.36. The van der Waals surface area contributed by atoms with E-state index < -0.39 is 10.1 Å². The van der Waals surface area contributed by atoms with Crippen LogP contribution >= 0.6 is 15.9 Å². The minimum Gasteiger partial charge on any atom is -0.308 e. The molecule has 0 saturated heterocycles. The van der Waals surface area contributed by atoms with Gasteiger partial charge in [0, 0.05) is 17.9 Å². The highest BCUT2D eigenvalue weighted by atomic mass is 79.9. The van der Waals surface area contributed by atoms with Crippen LogP contribution in [0.15, 0.2) is 30.3 Å². The van der Waals surface area contributed by atoms with E-state index in [2.05, 4.69) is 21.2 Å². The lowest BCUT2D eigenvalue weighted by Gasteiger charge is -2.15. The lowest BCUT2D eigenvalue weighted by atomic mass is 10.1. The zero-order valence-electron chi connectivity index (χ0n) is 8.64. The van der Waals surface area contributed by atoms with E-state index in [-0.39, 0.29) is 18.3 Å². The third-order valence-electron chi connectivity index (χ3n) is 2.11. The van der Waals surface area contributed by atoms with Gasteiger partial charge in [0.25, 0.3) is 10.1 Å². The van der Waals surface area contributed by atoms with Crippen LogP contribution in [0.4, 0.5) is 0 Å². The van der Waals surface area contributed by atoms with Gasteiger partial charge in [-0.05, 0) is 5.56 Å². The molecule has 0 aliphatic heterocycles. The van der Waals surface area contributed by atoms with Crippen LogP contribution in [-0.2, 0) is 10.1 Å². The van der Waals surface area contributed by atoms with Gasteiger partial charge in [-0.1, -0.05) is 46.3 Å². The Labute approximate surface area is 104 Å². The molecule has 0 heterocycles. The fraction of sp³-hybridized carbons (Fsp3) is 0.400. The largest absolute Gasteiger partial charge is 0.308 e. The van der Waals surface area contributed by atoms with Crippen molar-refractivity contribution in [2.45, 2.75) is 6.04 Å². The maximum atomic E-state index is 10.5. The number of hydrogen-bond acceptors (Lipinski definition) is 3. The molecule has 1 aromatic rings. The van der Waals surface area contributed by atoms with Crippen LogP contribution in [0.2, 0.25) is 0 Å². The van der Waals surface area contributed by atoms with Gasteiger partial charge < -0.3 is 5.32 Å². The van der Waals surface area contributed by atoms with Crippen molar-refractivity contribution in [3.8, 4) is 0 Å². The second kappa shape index (κ2) is 6.34. The Hall–Kier alpha value is -0.430. The Morgan fingerprint density at radius 3 is 2.44 bits per heavy atom. The summed E-state index contributed by atoms with van der Waals surface area (Å²) in [6.07, 6.45) is 0. The molecule has 16 heavy (non-hydrogen) atoms. The first-order valence-corrected chi connectivity index (χ1v) is 7.55. The van der Waals surface area contributed by atoms with Gasteiger partial charge in [-0.3, -0.25) is 4.55 Å². The van der Waals surface area contributed by atoms with Crippen LogP contribution in [0, 0.1) is 0 Å². The van der Waals surface area contributed by atoms with Crippen LogP contribution < -0.4 is 5.32 Å². The van der Waals surface area contributed by atoms with Gasteiger partial charge in [-0.15, -0.1) is 0 Å². The summed E-state index contributed by atoms with van der Waals surface area (Å²) in [6, 6.07) is 9.75. The van der Waals surface area contributed by atoms with E-state index in [1.54, 1.807) is 0 Å². The summed E-state index contributed by atoms with van der Waals surface area (Å²) < 4.78 is 29.7. The van der Waals surface area contributed by atoms with Gasteiger partial charge in [0.05, 0.1) is 5.75 Å². The quantitative estimate of drug-likeness (QED) is 0.619. The van der Waals surface area contributed by atoms with Gasteiger partial charge >= 0.3 is 0 Å². The van der Waals surface area contributed by atoms with Crippen LogP contribution in [0.3, 0.4) is 0 Å². The van der Waals surface area contributed by atoms with Gasteiger partial charge in [0.1, 0.15) is 0 Å². The Morgan fingerprint density at radius 1 is 1.31 bits per heavy atom. The summed E-state index contributed by atoms with van der Waals surface area (Å²) in [5.74, 6) is -0.274. The molecular weight excluding hydrogens is 294 g/mol. The highest BCUT2D eigenvalue weighted by Crippen LogP contribution is 2.14. The van der Waals surface area contributed by atoms with Gasteiger partial charge in [0.2, 0.25) is 0 Å². The monoisotopic (exact) mass is 307 g/mol. The molecular formula is C10H14BrNO3S. The molecule has 1 aromatic carbocycles. The molecule has 0 bridgehead atoms. The van der Waals surface area contributed by atoms with Gasteiger partial charge in [-0.25, -0.2) is 0 Å². The Morgan fingerprint density at radius 2 is 1.94 bits per heavy atom. The molecule has 0 amide bonds. The van der Waals surface area contributed by atoms with Crippen molar-refractivity contribution in [1.29, 1.82) is 0 Å². The Bertz CT molecular complexity index is 407. The fourth-order valence-corrected chi connectivity index (χ4v) is 2.29. The molecule has 0 saturated carbocycles. The first kappa shape index (κ1) is 13.6. The van der Waals surface area contributed by atoms with Crippen LogP contribution in [0.25, 0.3) is 0 Å². The third kappa shape index (κ3) is 5.07. The lowest BCUT2D eigenvalue weighted by molar-refractivity contribution is 0.478. The first-order chi connectivity index (χ1) is 7.53. The van der Waals surface area contributed by atoms with E-state index in [1.807, 2.05) is 30.3 Å². The molecule has 1 atom stereocenters. The molecule has 4 nitrogen and oxygen atoms in total. The number of alkyl halides is 1. The molecule has 1 unspecified atom stereocenters. The standard InChI is InChI=1S/C10H14BrNO3S/c11-8-10(9-4-2-1-3-5-9)12-6-7-16(13,14)15/h1-5,10,12H,6-8H2,(H,13,14,15). The van der Waals surface area contributed by atoms with Crippen molar-refractivity contribution < 1.29 is 13.0 Å². The first-order valence-electron chi connectivity index (χ1n) is 4.82. The number of hydrogen-bond donors (Lipinski definition) is 2. The number of halogens is 1. The normalized spacial score (nSPS) is 13.6. The van der Waals surface area contributed by atoms with Crippen molar-refractivity contribution in [2.75, 3.05) is 17.6 Å². The number of benzene rings is 1. The van der Waals surface area contributed by atoms with Crippen LogP contribution in [-0.4, -0.2) is 30.6 Å². The Kier molecular flexibility index (Phi) is 5.40. The average Bonchev–Trinajstić information content (AvgIpc) is 2.24. The second-order valence-corrected chi connectivity index (χ2v) is 5.58. The maximum Gasteiger partial charge on any atom is 0.266 e. The zero-order valence-corrected chi connectivity index (χ0v) is 11.0. The molecule has 0 aromatic heterocycles. The van der Waals surface area contributed by atoms with Crippen LogP contribution in [0.5, 0.6) is 0 Å². The summed E-state index contributed by atoms with van der Waals surface area (Å²) >= 11 is 3.36. The summed E-state index contributed by atoms with van der Waals surface area (Å²) in [6.45, 7) is 0.226. The van der Waals surface area contributed by atoms with E-state index in [0.717, 1.165) is 5.56 Å². The van der Waals surface area contributed by atoms with E-state index in [9.17, 15) is 8.42 Å². The van der Waals surface area contributed by atoms with Crippen molar-refractivity contribution >= 4 is 26.0 Å². The van der Waals surface area contributed by atoms with E-state index in [4.69, 9.17) is 4.55 Å². The average molecular weight is 308 g/mol. The molecule has 1 rings (SSSR count). The highest BCUT2D eigenvalue weighted by molar-refractivity contribution is 9.09. The topological polar surface area (TPSA) is 66.4 Å². The van der Waals surface area contributed by atoms with Gasteiger partial charge in [0.15, 0.2) is 0 Å². The maximum absolute atomic E-state index is 10.5. The lowest BCUT2D eigenvalue weighted by Crippen LogP contribution is -2.28. The van der Waals surface area contributed by atoms with E-state index in [1.165, 1.54) is 0 Å². The fourth-order valence-electron chi connectivity index (χ4n) is 1.31. The molecule has 0 radical (unpaired) electrons. The molecule has 0 spiro atoms. The van der Waals surface area contributed by atoms with Crippen LogP contribution in [0.1, 0.15) is 11.6 Å². The van der Waals surface area contributed by atoms with E-state index >= 15 is 0 Å². The summed E-state index contributed by atoms with van der Waals surface area (Å²) in [5, 5.41) is 3.74.